The largest absolute Gasteiger partial charge is 0.491 e. The number of carbonyl (C=O) groups is 1. The van der Waals surface area contributed by atoms with E-state index in [1.165, 1.54) is 0 Å². The van der Waals surface area contributed by atoms with Crippen molar-refractivity contribution in [2.75, 3.05) is 11.9 Å². The van der Waals surface area contributed by atoms with Gasteiger partial charge >= 0.3 is 0 Å². The molecule has 2 atom stereocenters. The number of hydrogen-bond donors (Lipinski definition) is 2. The highest BCUT2D eigenvalue weighted by atomic mass is 16.5. The first-order valence-electron chi connectivity index (χ1n) is 12.9. The van der Waals surface area contributed by atoms with E-state index in [1.807, 2.05) is 72.8 Å². The average Bonchev–Trinajstić information content (AvgIpc) is 3.64. The molecular formula is C30H31N5O3. The monoisotopic (exact) mass is 509 g/mol. The number of benzene rings is 3. The zero-order chi connectivity index (χ0) is 26.3. The second kappa shape index (κ2) is 11.7. The molecule has 2 heterocycles. The fourth-order valence-corrected chi connectivity index (χ4v) is 4.28. The van der Waals surface area contributed by atoms with Gasteiger partial charge in [-0.15, -0.1) is 10.2 Å². The number of aryl methyl sites for hydroxylation is 1. The SMILES string of the molecule is CC[C@H](C)[C@@H](COc1ccc(-c2cc3ccccc3o2)cc1)Nc1ccc(C(=O)CCc2nn[nH]n2)cc1. The quantitative estimate of drug-likeness (QED) is 0.189. The van der Waals surface area contributed by atoms with Gasteiger partial charge in [-0.2, -0.15) is 5.21 Å². The number of aromatic amines is 1. The molecule has 0 fully saturated rings. The molecule has 3 aromatic carbocycles. The molecule has 0 amide bonds. The number of tetrazole rings is 1. The van der Waals surface area contributed by atoms with E-state index < -0.39 is 0 Å². The summed E-state index contributed by atoms with van der Waals surface area (Å²) < 4.78 is 12.2. The molecule has 0 aliphatic heterocycles. The number of H-pyrrole nitrogens is 1. The molecule has 0 bridgehead atoms. The van der Waals surface area contributed by atoms with Gasteiger partial charge in [0, 0.05) is 35.0 Å². The molecule has 8 nitrogen and oxygen atoms in total. The Hall–Kier alpha value is -4.46. The summed E-state index contributed by atoms with van der Waals surface area (Å²) in [6, 6.07) is 25.8. The molecule has 5 aromatic rings. The number of aromatic nitrogens is 4. The van der Waals surface area contributed by atoms with Crippen LogP contribution in [0.3, 0.4) is 0 Å². The Morgan fingerprint density at radius 2 is 1.84 bits per heavy atom. The van der Waals surface area contributed by atoms with E-state index in [0.717, 1.165) is 40.2 Å². The summed E-state index contributed by atoms with van der Waals surface area (Å²) >= 11 is 0. The Kier molecular flexibility index (Phi) is 7.78. The first kappa shape index (κ1) is 25.2. The van der Waals surface area contributed by atoms with Crippen molar-refractivity contribution in [3.63, 3.8) is 0 Å². The first-order valence-corrected chi connectivity index (χ1v) is 12.9. The molecule has 2 aromatic heterocycles. The van der Waals surface area contributed by atoms with Crippen molar-refractivity contribution >= 4 is 22.4 Å². The smallest absolute Gasteiger partial charge is 0.175 e. The second-order valence-corrected chi connectivity index (χ2v) is 9.45. The van der Waals surface area contributed by atoms with E-state index in [9.17, 15) is 4.79 Å². The van der Waals surface area contributed by atoms with E-state index >= 15 is 0 Å². The number of hydrogen-bond acceptors (Lipinski definition) is 7. The zero-order valence-electron chi connectivity index (χ0n) is 21.6. The van der Waals surface area contributed by atoms with Crippen molar-refractivity contribution in [1.82, 2.24) is 20.6 Å². The highest BCUT2D eigenvalue weighted by molar-refractivity contribution is 5.96. The van der Waals surface area contributed by atoms with Gasteiger partial charge in [-0.3, -0.25) is 4.79 Å². The molecule has 0 saturated carbocycles. The summed E-state index contributed by atoms with van der Waals surface area (Å²) in [6.07, 6.45) is 1.81. The zero-order valence-corrected chi connectivity index (χ0v) is 21.6. The third kappa shape index (κ3) is 6.08. The van der Waals surface area contributed by atoms with Gasteiger partial charge in [0.15, 0.2) is 11.6 Å². The molecule has 2 N–H and O–H groups in total. The highest BCUT2D eigenvalue weighted by Crippen LogP contribution is 2.29. The number of anilines is 1. The van der Waals surface area contributed by atoms with E-state index in [0.29, 0.717) is 36.8 Å². The Bertz CT molecular complexity index is 1430. The number of carbonyl (C=O) groups excluding carboxylic acids is 1. The minimum absolute atomic E-state index is 0.0502. The number of nitrogens with zero attached hydrogens (tertiary/aromatic N) is 3. The summed E-state index contributed by atoms with van der Waals surface area (Å²) in [5.74, 6) is 2.63. The third-order valence-corrected chi connectivity index (χ3v) is 6.85. The molecule has 0 aliphatic rings. The lowest BCUT2D eigenvalue weighted by atomic mass is 9.99. The van der Waals surface area contributed by atoms with Crippen LogP contribution in [0.2, 0.25) is 0 Å². The fraction of sp³-hybridized carbons (Fsp3) is 0.267. The molecule has 0 aliphatic carbocycles. The van der Waals surface area contributed by atoms with Crippen molar-refractivity contribution in [3.8, 4) is 17.1 Å². The molecular weight excluding hydrogens is 478 g/mol. The lowest BCUT2D eigenvalue weighted by Crippen LogP contribution is -2.33. The van der Waals surface area contributed by atoms with Crippen LogP contribution >= 0.6 is 0 Å². The minimum atomic E-state index is 0.0502. The summed E-state index contributed by atoms with van der Waals surface area (Å²) in [6.45, 7) is 4.90. The van der Waals surface area contributed by atoms with Crippen LogP contribution in [0.15, 0.2) is 83.3 Å². The molecule has 38 heavy (non-hydrogen) atoms. The molecule has 0 spiro atoms. The van der Waals surface area contributed by atoms with Crippen LogP contribution in [-0.4, -0.2) is 39.1 Å². The maximum atomic E-state index is 12.5. The van der Waals surface area contributed by atoms with Gasteiger partial charge in [0.2, 0.25) is 0 Å². The Labute approximate surface area is 221 Å². The summed E-state index contributed by atoms with van der Waals surface area (Å²) in [5.41, 5.74) is 3.51. The van der Waals surface area contributed by atoms with Crippen molar-refractivity contribution in [2.24, 2.45) is 5.92 Å². The maximum absolute atomic E-state index is 12.5. The van der Waals surface area contributed by atoms with E-state index in [1.54, 1.807) is 0 Å². The lowest BCUT2D eigenvalue weighted by Gasteiger charge is -2.25. The number of rotatable bonds is 12. The van der Waals surface area contributed by atoms with Crippen molar-refractivity contribution in [2.45, 2.75) is 39.2 Å². The Balaban J connectivity index is 1.18. The number of ether oxygens (including phenoxy) is 1. The van der Waals surface area contributed by atoms with Crippen LogP contribution < -0.4 is 10.1 Å². The van der Waals surface area contributed by atoms with E-state index in [2.05, 4.69) is 45.9 Å². The fourth-order valence-electron chi connectivity index (χ4n) is 4.28. The standard InChI is InChI=1S/C30H31N5O3/c1-3-20(2)26(31-24-12-8-21(9-13-24)27(36)16-17-30-32-34-35-33-30)19-37-25-14-10-22(11-15-25)29-18-23-6-4-5-7-28(23)38-29/h4-15,18,20,26,31H,3,16-17,19H2,1-2H3,(H,32,33,34,35)/t20-,26+/m0/s1. The van der Waals surface area contributed by atoms with Crippen molar-refractivity contribution in [3.05, 3.63) is 90.3 Å². The topological polar surface area (TPSA) is 106 Å². The Morgan fingerprint density at radius 1 is 1.05 bits per heavy atom. The van der Waals surface area contributed by atoms with Crippen LogP contribution in [0.4, 0.5) is 5.69 Å². The molecule has 0 unspecified atom stereocenters. The summed E-state index contributed by atoms with van der Waals surface area (Å²) in [5, 5.41) is 18.4. The molecule has 8 heteroatoms. The number of Topliss-reactive ketones (excluding diaryl/α,β-unsaturated/α-hetero) is 1. The Morgan fingerprint density at radius 3 is 2.55 bits per heavy atom. The molecule has 0 radical (unpaired) electrons. The van der Waals surface area contributed by atoms with Crippen LogP contribution in [0.5, 0.6) is 5.75 Å². The van der Waals surface area contributed by atoms with Gasteiger partial charge < -0.3 is 14.5 Å². The number of nitrogens with one attached hydrogen (secondary N) is 2. The summed E-state index contributed by atoms with van der Waals surface area (Å²) in [4.78, 5) is 12.5. The molecule has 0 saturated heterocycles. The molecule has 194 valence electrons. The predicted octanol–water partition coefficient (Wildman–Crippen LogP) is 6.33. The normalized spacial score (nSPS) is 12.8. The van der Waals surface area contributed by atoms with Gasteiger partial charge in [0.25, 0.3) is 0 Å². The van der Waals surface area contributed by atoms with Gasteiger partial charge in [-0.25, -0.2) is 0 Å². The highest BCUT2D eigenvalue weighted by Gasteiger charge is 2.17. The second-order valence-electron chi connectivity index (χ2n) is 9.45. The minimum Gasteiger partial charge on any atom is -0.491 e. The van der Waals surface area contributed by atoms with E-state index in [-0.39, 0.29) is 11.8 Å². The van der Waals surface area contributed by atoms with Crippen LogP contribution in [-0.2, 0) is 6.42 Å². The summed E-state index contributed by atoms with van der Waals surface area (Å²) in [7, 11) is 0. The van der Waals surface area contributed by atoms with Gasteiger partial charge in [0.05, 0.1) is 6.04 Å². The third-order valence-electron chi connectivity index (χ3n) is 6.85. The predicted molar refractivity (Wildman–Crippen MR) is 147 cm³/mol. The lowest BCUT2D eigenvalue weighted by molar-refractivity contribution is 0.0982. The van der Waals surface area contributed by atoms with Gasteiger partial charge in [-0.05, 0) is 66.6 Å². The van der Waals surface area contributed by atoms with E-state index in [4.69, 9.17) is 9.15 Å². The van der Waals surface area contributed by atoms with Crippen LogP contribution in [0, 0.1) is 5.92 Å². The van der Waals surface area contributed by atoms with Gasteiger partial charge in [-0.1, -0.05) is 43.7 Å². The van der Waals surface area contributed by atoms with Crippen molar-refractivity contribution in [1.29, 1.82) is 0 Å². The number of ketones is 1. The average molecular weight is 510 g/mol. The number of fused-ring (bicyclic) bond motifs is 1. The van der Waals surface area contributed by atoms with Crippen LogP contribution in [0.1, 0.15) is 42.9 Å². The number of furan rings is 1. The molecule has 5 rings (SSSR count). The first-order chi connectivity index (χ1) is 18.6. The van der Waals surface area contributed by atoms with Crippen molar-refractivity contribution < 1.29 is 13.9 Å². The van der Waals surface area contributed by atoms with Gasteiger partial charge in [0.1, 0.15) is 23.7 Å². The maximum Gasteiger partial charge on any atom is 0.175 e. The van der Waals surface area contributed by atoms with Crippen LogP contribution in [0.25, 0.3) is 22.3 Å². The number of para-hydroxylation sites is 1.